The summed E-state index contributed by atoms with van der Waals surface area (Å²) in [4.78, 5) is 10.7. The third-order valence-electron chi connectivity index (χ3n) is 1.14. The summed E-state index contributed by atoms with van der Waals surface area (Å²) < 4.78 is 0. The van der Waals surface area contributed by atoms with E-state index in [1.807, 2.05) is 0 Å². The maximum absolute atomic E-state index is 10.7. The molecule has 0 aromatic carbocycles. The van der Waals surface area contributed by atoms with Gasteiger partial charge in [-0.1, -0.05) is 6.58 Å². The molecule has 1 fully saturated rings. The highest BCUT2D eigenvalue weighted by atomic mass is 32.2. The first-order chi connectivity index (χ1) is 3.80. The maximum atomic E-state index is 10.7. The molecule has 0 radical (unpaired) electrons. The second kappa shape index (κ2) is 2.35. The lowest BCUT2D eigenvalue weighted by molar-refractivity contribution is -0.115. The second-order valence-corrected chi connectivity index (χ2v) is 2.93. The zero-order chi connectivity index (χ0) is 5.98. The smallest absolute Gasteiger partial charge is 0.159 e. The maximum Gasteiger partial charge on any atom is 0.159 e. The molecule has 0 aliphatic carbocycles. The van der Waals surface area contributed by atoms with Crippen LogP contribution in [0.2, 0.25) is 0 Å². The molecule has 0 aromatic rings. The molecule has 0 unspecified atom stereocenters. The summed E-state index contributed by atoms with van der Waals surface area (Å²) in [5, 5.41) is 0. The topological polar surface area (TPSA) is 17.1 Å². The summed E-state index contributed by atoms with van der Waals surface area (Å²) in [5.74, 6) is 2.08. The number of carbonyl (C=O) groups is 1. The van der Waals surface area contributed by atoms with Crippen molar-refractivity contribution in [2.75, 3.05) is 11.5 Å². The lowest BCUT2D eigenvalue weighted by atomic mass is 10.2. The summed E-state index contributed by atoms with van der Waals surface area (Å²) in [6, 6.07) is 0. The summed E-state index contributed by atoms with van der Waals surface area (Å²) in [6.45, 7) is 3.62. The molecule has 0 amide bonds. The molecule has 0 atom stereocenters. The highest BCUT2D eigenvalue weighted by Crippen LogP contribution is 2.16. The predicted octanol–water partition coefficient (Wildman–Crippen LogP) is 1.25. The van der Waals surface area contributed by atoms with Gasteiger partial charge in [0.05, 0.1) is 0 Å². The number of ketones is 1. The minimum Gasteiger partial charge on any atom is -0.295 e. The number of carbonyl (C=O) groups excluding carboxylic acids is 1. The fourth-order valence-electron chi connectivity index (χ4n) is 0.618. The third kappa shape index (κ3) is 1.13. The van der Waals surface area contributed by atoms with Gasteiger partial charge in [0, 0.05) is 17.9 Å². The van der Waals surface area contributed by atoms with Crippen molar-refractivity contribution in [1.29, 1.82) is 0 Å². The first-order valence-electron chi connectivity index (χ1n) is 2.59. The number of hydrogen-bond acceptors (Lipinski definition) is 2. The molecule has 1 saturated heterocycles. The molecule has 1 nitrogen and oxygen atoms in total. The van der Waals surface area contributed by atoms with Gasteiger partial charge in [-0.3, -0.25) is 4.79 Å². The Morgan fingerprint density at radius 3 is 2.75 bits per heavy atom. The van der Waals surface area contributed by atoms with E-state index in [1.54, 1.807) is 11.8 Å². The molecular weight excluding hydrogens is 120 g/mol. The van der Waals surface area contributed by atoms with Crippen molar-refractivity contribution in [3.63, 3.8) is 0 Å². The van der Waals surface area contributed by atoms with Crippen LogP contribution in [0.3, 0.4) is 0 Å². The van der Waals surface area contributed by atoms with Gasteiger partial charge in [-0.15, -0.1) is 0 Å². The van der Waals surface area contributed by atoms with Crippen LogP contribution in [0.4, 0.5) is 0 Å². The number of Topliss-reactive ketones (excluding diaryl/α,β-unsaturated/α-hetero) is 1. The summed E-state index contributed by atoms with van der Waals surface area (Å²) in [6.07, 6.45) is 0.698. The number of hydrogen-bond donors (Lipinski definition) is 0. The molecule has 1 aliphatic rings. The molecule has 44 valence electrons. The molecule has 0 saturated carbocycles. The van der Waals surface area contributed by atoms with Crippen molar-refractivity contribution < 1.29 is 4.79 Å². The van der Waals surface area contributed by atoms with E-state index in [2.05, 4.69) is 6.58 Å². The van der Waals surface area contributed by atoms with Crippen LogP contribution in [-0.2, 0) is 4.79 Å². The molecule has 8 heavy (non-hydrogen) atoms. The van der Waals surface area contributed by atoms with Gasteiger partial charge in [-0.05, 0) is 5.57 Å². The van der Waals surface area contributed by atoms with E-state index < -0.39 is 0 Å². The number of rotatable bonds is 0. The van der Waals surface area contributed by atoms with E-state index in [9.17, 15) is 4.79 Å². The Kier molecular flexibility index (Phi) is 1.73. The minimum absolute atomic E-state index is 0.253. The average molecular weight is 128 g/mol. The second-order valence-electron chi connectivity index (χ2n) is 1.83. The van der Waals surface area contributed by atoms with Crippen LogP contribution in [0.15, 0.2) is 12.2 Å². The summed E-state index contributed by atoms with van der Waals surface area (Å²) in [7, 11) is 0. The molecule has 0 spiro atoms. The zero-order valence-corrected chi connectivity index (χ0v) is 5.46. The van der Waals surface area contributed by atoms with Gasteiger partial charge in [-0.2, -0.15) is 11.8 Å². The van der Waals surface area contributed by atoms with Gasteiger partial charge < -0.3 is 0 Å². The molecule has 1 rings (SSSR count). The van der Waals surface area contributed by atoms with E-state index in [0.29, 0.717) is 6.42 Å². The quantitative estimate of drug-likeness (QED) is 0.457. The van der Waals surface area contributed by atoms with Crippen molar-refractivity contribution in [1.82, 2.24) is 0 Å². The van der Waals surface area contributed by atoms with E-state index in [4.69, 9.17) is 0 Å². The van der Waals surface area contributed by atoms with E-state index in [0.717, 1.165) is 17.1 Å². The molecule has 0 bridgehead atoms. The van der Waals surface area contributed by atoms with Crippen molar-refractivity contribution >= 4 is 17.5 Å². The molecule has 0 aromatic heterocycles. The van der Waals surface area contributed by atoms with Crippen LogP contribution in [0.5, 0.6) is 0 Å². The molecule has 0 N–H and O–H groups in total. The van der Waals surface area contributed by atoms with Crippen molar-refractivity contribution in [2.45, 2.75) is 6.42 Å². The van der Waals surface area contributed by atoms with Crippen LogP contribution in [0, 0.1) is 0 Å². The lowest BCUT2D eigenvalue weighted by Gasteiger charge is -2.09. The monoisotopic (exact) mass is 128 g/mol. The summed E-state index contributed by atoms with van der Waals surface area (Å²) in [5.41, 5.74) is 0.793. The van der Waals surface area contributed by atoms with Crippen molar-refractivity contribution in [3.8, 4) is 0 Å². The summed E-state index contributed by atoms with van der Waals surface area (Å²) >= 11 is 1.79. The third-order valence-corrected chi connectivity index (χ3v) is 2.19. The zero-order valence-electron chi connectivity index (χ0n) is 4.64. The van der Waals surface area contributed by atoms with Crippen LogP contribution in [-0.4, -0.2) is 17.3 Å². The van der Waals surface area contributed by atoms with Gasteiger partial charge in [0.1, 0.15) is 0 Å². The normalized spacial score (nSPS) is 21.5. The standard InChI is InChI=1S/C6H8OS/c1-5-4-8-3-2-6(5)7/h1-4H2. The van der Waals surface area contributed by atoms with Gasteiger partial charge in [0.2, 0.25) is 0 Å². The van der Waals surface area contributed by atoms with Gasteiger partial charge in [0.25, 0.3) is 0 Å². The van der Waals surface area contributed by atoms with Crippen LogP contribution in [0.1, 0.15) is 6.42 Å². The van der Waals surface area contributed by atoms with E-state index >= 15 is 0 Å². The Hall–Kier alpha value is -0.240. The average Bonchev–Trinajstić information content (AvgIpc) is 1.77. The Bertz CT molecular complexity index is 112. The number of thioether (sulfide) groups is 1. The molecule has 1 heterocycles. The van der Waals surface area contributed by atoms with Crippen LogP contribution in [0.25, 0.3) is 0 Å². The SMILES string of the molecule is C=C1CSCCC1=O. The molecule has 1 aliphatic heterocycles. The van der Waals surface area contributed by atoms with Crippen molar-refractivity contribution in [3.05, 3.63) is 12.2 Å². The van der Waals surface area contributed by atoms with E-state index in [-0.39, 0.29) is 5.78 Å². The first kappa shape index (κ1) is 5.89. The van der Waals surface area contributed by atoms with Crippen LogP contribution >= 0.6 is 11.8 Å². The largest absolute Gasteiger partial charge is 0.295 e. The fourth-order valence-corrected chi connectivity index (χ4v) is 1.50. The van der Waals surface area contributed by atoms with Gasteiger partial charge in [0.15, 0.2) is 5.78 Å². The van der Waals surface area contributed by atoms with Gasteiger partial charge in [-0.25, -0.2) is 0 Å². The lowest BCUT2D eigenvalue weighted by Crippen LogP contribution is -2.10. The highest BCUT2D eigenvalue weighted by molar-refractivity contribution is 7.99. The molecule has 2 heteroatoms. The molecular formula is C6H8OS. The highest BCUT2D eigenvalue weighted by Gasteiger charge is 2.11. The van der Waals surface area contributed by atoms with Gasteiger partial charge >= 0.3 is 0 Å². The fraction of sp³-hybridized carbons (Fsp3) is 0.500. The Labute approximate surface area is 53.2 Å². The van der Waals surface area contributed by atoms with E-state index in [1.165, 1.54) is 0 Å². The predicted molar refractivity (Wildman–Crippen MR) is 36.1 cm³/mol. The Morgan fingerprint density at radius 2 is 2.38 bits per heavy atom. The Balaban J connectivity index is 2.52. The van der Waals surface area contributed by atoms with Crippen LogP contribution < -0.4 is 0 Å². The Morgan fingerprint density at radius 1 is 1.62 bits per heavy atom. The van der Waals surface area contributed by atoms with Crippen molar-refractivity contribution in [2.24, 2.45) is 0 Å². The minimum atomic E-state index is 0.253. The first-order valence-corrected chi connectivity index (χ1v) is 3.75.